The van der Waals surface area contributed by atoms with Crippen LogP contribution in [0.4, 0.5) is 0 Å². The van der Waals surface area contributed by atoms with Crippen LogP contribution in [0.15, 0.2) is 16.9 Å². The highest BCUT2D eigenvalue weighted by molar-refractivity contribution is 5.86. The van der Waals surface area contributed by atoms with Gasteiger partial charge < -0.3 is 19.8 Å². The van der Waals surface area contributed by atoms with Gasteiger partial charge in [0.25, 0.3) is 5.56 Å². The number of carbonyl (C=O) groups is 1. The summed E-state index contributed by atoms with van der Waals surface area (Å²) < 4.78 is 6.63. The van der Waals surface area contributed by atoms with Gasteiger partial charge in [-0.1, -0.05) is 0 Å². The Hall–Kier alpha value is -1.86. The van der Waals surface area contributed by atoms with E-state index in [4.69, 9.17) is 9.84 Å². The number of aromatic nitrogens is 1. The summed E-state index contributed by atoms with van der Waals surface area (Å²) in [7, 11) is 1.94. The zero-order valence-corrected chi connectivity index (χ0v) is 10.6. The average Bonchev–Trinajstić information content (AvgIpc) is 2.32. The van der Waals surface area contributed by atoms with E-state index >= 15 is 0 Å². The van der Waals surface area contributed by atoms with Crippen LogP contribution in [0.5, 0.6) is 5.75 Å². The smallest absolute Gasteiger partial charge is 0.352 e. The van der Waals surface area contributed by atoms with Crippen LogP contribution >= 0.6 is 0 Å². The van der Waals surface area contributed by atoms with E-state index in [1.54, 1.807) is 0 Å². The largest absolute Gasteiger partial charge is 0.508 e. The van der Waals surface area contributed by atoms with Crippen molar-refractivity contribution < 1.29 is 19.7 Å². The van der Waals surface area contributed by atoms with E-state index in [9.17, 15) is 14.7 Å². The quantitative estimate of drug-likeness (QED) is 0.773. The van der Waals surface area contributed by atoms with Gasteiger partial charge in [-0.25, -0.2) is 4.79 Å². The summed E-state index contributed by atoms with van der Waals surface area (Å²) >= 11 is 0. The highest BCUT2D eigenvalue weighted by Crippen LogP contribution is 2.11. The van der Waals surface area contributed by atoms with Gasteiger partial charge in [0.05, 0.1) is 19.3 Å². The van der Waals surface area contributed by atoms with Crippen LogP contribution in [0, 0.1) is 0 Å². The number of nitrogens with zero attached hydrogens (tertiary/aromatic N) is 2. The van der Waals surface area contributed by atoms with Gasteiger partial charge in [0.15, 0.2) is 0 Å². The maximum atomic E-state index is 11.8. The van der Waals surface area contributed by atoms with E-state index in [0.717, 1.165) is 23.2 Å². The van der Waals surface area contributed by atoms with Crippen LogP contribution in [-0.2, 0) is 11.3 Å². The molecule has 1 aliphatic heterocycles. The lowest BCUT2D eigenvalue weighted by Gasteiger charge is -2.30. The van der Waals surface area contributed by atoms with E-state index in [-0.39, 0.29) is 24.1 Å². The SMILES string of the molecule is CN1CCOC(Cn2c(C(=O)O)cc(O)cc2=O)C1. The normalized spacial score (nSPS) is 20.4. The third-order valence-corrected chi connectivity index (χ3v) is 3.06. The molecule has 1 saturated heterocycles. The summed E-state index contributed by atoms with van der Waals surface area (Å²) in [5.41, 5.74) is -0.781. The van der Waals surface area contributed by atoms with Crippen LogP contribution in [0.2, 0.25) is 0 Å². The Bertz CT molecular complexity index is 539. The number of likely N-dealkylation sites (N-methyl/N-ethyl adjacent to an activating group) is 1. The second-order valence-electron chi connectivity index (χ2n) is 4.61. The third kappa shape index (κ3) is 3.12. The maximum Gasteiger partial charge on any atom is 0.352 e. The van der Waals surface area contributed by atoms with Crippen LogP contribution in [-0.4, -0.2) is 58.5 Å². The molecular formula is C12H16N2O5. The minimum atomic E-state index is -1.25. The first-order valence-electron chi connectivity index (χ1n) is 5.94. The summed E-state index contributed by atoms with van der Waals surface area (Å²) in [6.45, 7) is 2.15. The molecule has 1 atom stereocenters. The number of aromatic hydroxyl groups is 1. The molecule has 0 bridgehead atoms. The number of carboxylic acid groups (broad SMARTS) is 1. The van der Waals surface area contributed by atoms with Crippen molar-refractivity contribution >= 4 is 5.97 Å². The van der Waals surface area contributed by atoms with Crippen molar-refractivity contribution in [2.45, 2.75) is 12.6 Å². The zero-order valence-electron chi connectivity index (χ0n) is 10.6. The first-order valence-corrected chi connectivity index (χ1v) is 5.94. The maximum absolute atomic E-state index is 11.8. The number of ether oxygens (including phenoxy) is 1. The van der Waals surface area contributed by atoms with Gasteiger partial charge in [-0.2, -0.15) is 0 Å². The fraction of sp³-hybridized carbons (Fsp3) is 0.500. The van der Waals surface area contributed by atoms with Crippen molar-refractivity contribution in [2.75, 3.05) is 26.7 Å². The van der Waals surface area contributed by atoms with E-state index in [1.165, 1.54) is 0 Å². The van der Waals surface area contributed by atoms with Crippen LogP contribution in [0.1, 0.15) is 10.5 Å². The number of rotatable bonds is 3. The highest BCUT2D eigenvalue weighted by atomic mass is 16.5. The average molecular weight is 268 g/mol. The second kappa shape index (κ2) is 5.41. The van der Waals surface area contributed by atoms with E-state index < -0.39 is 11.5 Å². The molecule has 1 aromatic rings. The topological polar surface area (TPSA) is 92.0 Å². The van der Waals surface area contributed by atoms with Gasteiger partial charge in [-0.3, -0.25) is 9.36 Å². The Morgan fingerprint density at radius 1 is 1.53 bits per heavy atom. The van der Waals surface area contributed by atoms with Gasteiger partial charge in [-0.05, 0) is 7.05 Å². The van der Waals surface area contributed by atoms with Gasteiger partial charge in [-0.15, -0.1) is 0 Å². The number of pyridine rings is 1. The summed E-state index contributed by atoms with van der Waals surface area (Å²) in [6.07, 6.45) is -0.237. The Morgan fingerprint density at radius 2 is 2.26 bits per heavy atom. The molecule has 7 heteroatoms. The van der Waals surface area contributed by atoms with Gasteiger partial charge >= 0.3 is 5.97 Å². The third-order valence-electron chi connectivity index (χ3n) is 3.06. The van der Waals surface area contributed by atoms with Crippen LogP contribution in [0.25, 0.3) is 0 Å². The molecule has 2 N–H and O–H groups in total. The molecule has 0 aliphatic carbocycles. The first kappa shape index (κ1) is 13.6. The molecule has 7 nitrogen and oxygen atoms in total. The second-order valence-corrected chi connectivity index (χ2v) is 4.61. The van der Waals surface area contributed by atoms with Crippen molar-refractivity contribution in [1.82, 2.24) is 9.47 Å². The van der Waals surface area contributed by atoms with Crippen molar-refractivity contribution in [3.8, 4) is 5.75 Å². The predicted octanol–water partition coefficient (Wildman–Crippen LogP) is -0.417. The van der Waals surface area contributed by atoms with E-state index in [2.05, 4.69) is 4.90 Å². The number of hydrogen-bond acceptors (Lipinski definition) is 5. The molecule has 1 aliphatic rings. The Kier molecular flexibility index (Phi) is 3.87. The predicted molar refractivity (Wildman–Crippen MR) is 66.6 cm³/mol. The standard InChI is InChI=1S/C12H16N2O5/c1-13-2-3-19-9(6-13)7-14-10(12(17)18)4-8(15)5-11(14)16/h4-5,9,15H,2-3,6-7H2,1H3,(H,17,18). The lowest BCUT2D eigenvalue weighted by molar-refractivity contribution is -0.0282. The molecule has 2 rings (SSSR count). The summed E-state index contributed by atoms with van der Waals surface area (Å²) in [5.74, 6) is -1.60. The minimum absolute atomic E-state index is 0.158. The van der Waals surface area contributed by atoms with Crippen molar-refractivity contribution in [3.05, 3.63) is 28.2 Å². The molecule has 0 saturated carbocycles. The van der Waals surface area contributed by atoms with Crippen molar-refractivity contribution in [3.63, 3.8) is 0 Å². The summed E-state index contributed by atoms with van der Waals surface area (Å²) in [4.78, 5) is 25.0. The molecule has 1 aromatic heterocycles. The van der Waals surface area contributed by atoms with Crippen molar-refractivity contribution in [1.29, 1.82) is 0 Å². The molecule has 0 spiro atoms. The molecule has 1 unspecified atom stereocenters. The number of carboxylic acids is 1. The molecule has 19 heavy (non-hydrogen) atoms. The molecule has 0 aromatic carbocycles. The molecule has 1 fully saturated rings. The molecule has 104 valence electrons. The lowest BCUT2D eigenvalue weighted by atomic mass is 10.2. The van der Waals surface area contributed by atoms with Crippen LogP contribution in [0.3, 0.4) is 0 Å². The van der Waals surface area contributed by atoms with Gasteiger partial charge in [0.2, 0.25) is 0 Å². The minimum Gasteiger partial charge on any atom is -0.508 e. The Morgan fingerprint density at radius 3 is 2.89 bits per heavy atom. The number of hydrogen-bond donors (Lipinski definition) is 2. The van der Waals surface area contributed by atoms with Gasteiger partial charge in [0.1, 0.15) is 11.4 Å². The van der Waals surface area contributed by atoms with Crippen molar-refractivity contribution in [2.24, 2.45) is 0 Å². The molecule has 0 amide bonds. The monoisotopic (exact) mass is 268 g/mol. The molecule has 0 radical (unpaired) electrons. The summed E-state index contributed by atoms with van der Waals surface area (Å²) in [6, 6.07) is 2.06. The summed E-state index contributed by atoms with van der Waals surface area (Å²) in [5, 5.41) is 18.4. The van der Waals surface area contributed by atoms with E-state index in [0.29, 0.717) is 13.2 Å². The number of aromatic carboxylic acids is 1. The number of morpholine rings is 1. The van der Waals surface area contributed by atoms with Gasteiger partial charge in [0, 0.05) is 25.2 Å². The molecule has 2 heterocycles. The fourth-order valence-corrected chi connectivity index (χ4v) is 2.13. The highest BCUT2D eigenvalue weighted by Gasteiger charge is 2.21. The lowest BCUT2D eigenvalue weighted by Crippen LogP contribution is -2.44. The van der Waals surface area contributed by atoms with E-state index in [1.807, 2.05) is 7.05 Å². The Balaban J connectivity index is 2.28. The fourth-order valence-electron chi connectivity index (χ4n) is 2.13. The van der Waals surface area contributed by atoms with Crippen LogP contribution < -0.4 is 5.56 Å². The first-order chi connectivity index (χ1) is 8.97. The zero-order chi connectivity index (χ0) is 14.0. The Labute approximate surface area is 109 Å². The molecular weight excluding hydrogens is 252 g/mol.